The van der Waals surface area contributed by atoms with Crippen LogP contribution in [0, 0.1) is 6.92 Å². The maximum Gasteiger partial charge on any atom is 0.258 e. The van der Waals surface area contributed by atoms with Crippen LogP contribution in [0.15, 0.2) is 60.7 Å². The zero-order valence-electron chi connectivity index (χ0n) is 15.6. The standard InChI is InChI=1S/C23H23NO3/c1-3-21(18-10-8-16(2)9-11-18)24-23(26)15-27-22-13-12-17-6-4-5-7-19(17)20(22)14-25/h4-14,21H,3,15H2,1-2H3,(H,24,26)/t21-/m0/s1. The molecule has 1 N–H and O–H groups in total. The molecule has 138 valence electrons. The molecule has 0 aliphatic heterocycles. The maximum absolute atomic E-state index is 12.4. The van der Waals surface area contributed by atoms with Gasteiger partial charge in [-0.2, -0.15) is 0 Å². The molecule has 0 heterocycles. The summed E-state index contributed by atoms with van der Waals surface area (Å²) in [6.45, 7) is 3.92. The van der Waals surface area contributed by atoms with Crippen molar-refractivity contribution in [3.8, 4) is 5.75 Å². The van der Waals surface area contributed by atoms with E-state index in [2.05, 4.69) is 5.32 Å². The van der Waals surface area contributed by atoms with Gasteiger partial charge in [0.15, 0.2) is 12.9 Å². The second-order valence-electron chi connectivity index (χ2n) is 6.54. The van der Waals surface area contributed by atoms with Crippen molar-refractivity contribution < 1.29 is 14.3 Å². The quantitative estimate of drug-likeness (QED) is 0.625. The van der Waals surface area contributed by atoms with E-state index in [9.17, 15) is 9.59 Å². The summed E-state index contributed by atoms with van der Waals surface area (Å²) in [7, 11) is 0. The van der Waals surface area contributed by atoms with Gasteiger partial charge in [0.2, 0.25) is 0 Å². The first-order chi connectivity index (χ1) is 13.1. The summed E-state index contributed by atoms with van der Waals surface area (Å²) >= 11 is 0. The Hall–Kier alpha value is -3.14. The Morgan fingerprint density at radius 2 is 1.81 bits per heavy atom. The van der Waals surface area contributed by atoms with Gasteiger partial charge in [-0.05, 0) is 35.7 Å². The van der Waals surface area contributed by atoms with Crippen LogP contribution in [0.5, 0.6) is 5.75 Å². The number of nitrogens with one attached hydrogen (secondary N) is 1. The van der Waals surface area contributed by atoms with Gasteiger partial charge in [-0.15, -0.1) is 0 Å². The normalized spacial score (nSPS) is 11.8. The van der Waals surface area contributed by atoms with E-state index in [0.29, 0.717) is 11.3 Å². The number of benzene rings is 3. The topological polar surface area (TPSA) is 55.4 Å². The number of hydrogen-bond donors (Lipinski definition) is 1. The summed E-state index contributed by atoms with van der Waals surface area (Å²) in [5.41, 5.74) is 2.71. The Morgan fingerprint density at radius 1 is 1.07 bits per heavy atom. The highest BCUT2D eigenvalue weighted by atomic mass is 16.5. The molecule has 27 heavy (non-hydrogen) atoms. The molecule has 0 saturated heterocycles. The first-order valence-corrected chi connectivity index (χ1v) is 9.08. The first kappa shape index (κ1) is 18.6. The second-order valence-corrected chi connectivity index (χ2v) is 6.54. The summed E-state index contributed by atoms with van der Waals surface area (Å²) in [5, 5.41) is 4.77. The van der Waals surface area contributed by atoms with E-state index in [4.69, 9.17) is 4.74 Å². The molecule has 0 aliphatic carbocycles. The largest absolute Gasteiger partial charge is 0.483 e. The van der Waals surface area contributed by atoms with Gasteiger partial charge in [0.1, 0.15) is 5.75 Å². The van der Waals surface area contributed by atoms with Crippen molar-refractivity contribution in [3.63, 3.8) is 0 Å². The average molecular weight is 361 g/mol. The van der Waals surface area contributed by atoms with Crippen LogP contribution < -0.4 is 10.1 Å². The number of carbonyl (C=O) groups excluding carboxylic acids is 2. The molecular formula is C23H23NO3. The molecular weight excluding hydrogens is 338 g/mol. The van der Waals surface area contributed by atoms with E-state index >= 15 is 0 Å². The van der Waals surface area contributed by atoms with E-state index in [0.717, 1.165) is 29.0 Å². The lowest BCUT2D eigenvalue weighted by Gasteiger charge is -2.18. The fourth-order valence-corrected chi connectivity index (χ4v) is 3.12. The Kier molecular flexibility index (Phi) is 5.87. The minimum absolute atomic E-state index is 0.0659. The van der Waals surface area contributed by atoms with E-state index < -0.39 is 0 Å². The molecule has 0 spiro atoms. The van der Waals surface area contributed by atoms with E-state index in [1.54, 1.807) is 6.07 Å². The van der Waals surface area contributed by atoms with Crippen molar-refractivity contribution in [2.24, 2.45) is 0 Å². The van der Waals surface area contributed by atoms with Crippen LogP contribution in [0.1, 0.15) is 40.9 Å². The van der Waals surface area contributed by atoms with Crippen LogP contribution in [-0.2, 0) is 4.79 Å². The second kappa shape index (κ2) is 8.49. The molecule has 0 bridgehead atoms. The molecule has 0 radical (unpaired) electrons. The summed E-state index contributed by atoms with van der Waals surface area (Å²) < 4.78 is 5.66. The maximum atomic E-state index is 12.4. The van der Waals surface area contributed by atoms with Crippen molar-refractivity contribution in [1.82, 2.24) is 5.32 Å². The van der Waals surface area contributed by atoms with Crippen molar-refractivity contribution in [2.75, 3.05) is 6.61 Å². The number of fused-ring (bicyclic) bond motifs is 1. The van der Waals surface area contributed by atoms with Gasteiger partial charge < -0.3 is 10.1 Å². The highest BCUT2D eigenvalue weighted by Gasteiger charge is 2.14. The predicted molar refractivity (Wildman–Crippen MR) is 107 cm³/mol. The van der Waals surface area contributed by atoms with Crippen LogP contribution in [0.25, 0.3) is 10.8 Å². The molecule has 0 saturated carbocycles. The molecule has 3 rings (SSSR count). The molecule has 1 atom stereocenters. The average Bonchev–Trinajstić information content (AvgIpc) is 2.70. The molecule has 3 aromatic carbocycles. The van der Waals surface area contributed by atoms with Crippen LogP contribution in [0.4, 0.5) is 0 Å². The number of aryl methyl sites for hydroxylation is 1. The summed E-state index contributed by atoms with van der Waals surface area (Å²) in [5.74, 6) is 0.203. The third kappa shape index (κ3) is 4.34. The van der Waals surface area contributed by atoms with E-state index in [1.165, 1.54) is 5.56 Å². The monoisotopic (exact) mass is 361 g/mol. The lowest BCUT2D eigenvalue weighted by Crippen LogP contribution is -2.32. The Balaban J connectivity index is 1.69. The van der Waals surface area contributed by atoms with Crippen molar-refractivity contribution >= 4 is 23.0 Å². The molecule has 1 amide bonds. The zero-order chi connectivity index (χ0) is 19.2. The van der Waals surface area contributed by atoms with Crippen molar-refractivity contribution in [2.45, 2.75) is 26.3 Å². The number of ether oxygens (including phenoxy) is 1. The molecule has 0 unspecified atom stereocenters. The lowest BCUT2D eigenvalue weighted by molar-refractivity contribution is -0.123. The number of aldehydes is 1. The van der Waals surface area contributed by atoms with Crippen LogP contribution in [-0.4, -0.2) is 18.8 Å². The number of amides is 1. The molecule has 0 aromatic heterocycles. The molecule has 4 heteroatoms. The SMILES string of the molecule is CC[C@H](NC(=O)COc1ccc2ccccc2c1C=O)c1ccc(C)cc1. The Bertz CT molecular complexity index is 947. The molecule has 3 aromatic rings. The van der Waals surface area contributed by atoms with Crippen molar-refractivity contribution in [1.29, 1.82) is 0 Å². The highest BCUT2D eigenvalue weighted by molar-refractivity contribution is 6.00. The Morgan fingerprint density at radius 3 is 2.52 bits per heavy atom. The first-order valence-electron chi connectivity index (χ1n) is 9.08. The van der Waals surface area contributed by atoms with Crippen LogP contribution in [0.2, 0.25) is 0 Å². The zero-order valence-corrected chi connectivity index (χ0v) is 15.6. The van der Waals surface area contributed by atoms with E-state index in [1.807, 2.05) is 68.4 Å². The van der Waals surface area contributed by atoms with Gasteiger partial charge in [-0.1, -0.05) is 67.1 Å². The number of rotatable bonds is 7. The van der Waals surface area contributed by atoms with E-state index in [-0.39, 0.29) is 18.6 Å². The predicted octanol–water partition coefficient (Wildman–Crippen LogP) is 4.61. The van der Waals surface area contributed by atoms with Gasteiger partial charge in [-0.25, -0.2) is 0 Å². The minimum Gasteiger partial charge on any atom is -0.483 e. The summed E-state index contributed by atoms with van der Waals surface area (Å²) in [6.07, 6.45) is 1.56. The number of hydrogen-bond acceptors (Lipinski definition) is 3. The minimum atomic E-state index is -0.215. The lowest BCUT2D eigenvalue weighted by atomic mass is 10.0. The van der Waals surface area contributed by atoms with Gasteiger partial charge in [0.05, 0.1) is 11.6 Å². The summed E-state index contributed by atoms with van der Waals surface area (Å²) in [4.78, 5) is 23.9. The van der Waals surface area contributed by atoms with Crippen LogP contribution >= 0.6 is 0 Å². The van der Waals surface area contributed by atoms with Crippen LogP contribution in [0.3, 0.4) is 0 Å². The third-order valence-electron chi connectivity index (χ3n) is 4.63. The van der Waals surface area contributed by atoms with Gasteiger partial charge in [0, 0.05) is 0 Å². The highest BCUT2D eigenvalue weighted by Crippen LogP contribution is 2.26. The molecule has 0 fully saturated rings. The fraction of sp³-hybridized carbons (Fsp3) is 0.217. The van der Waals surface area contributed by atoms with Gasteiger partial charge in [0.25, 0.3) is 5.91 Å². The number of carbonyl (C=O) groups is 2. The Labute approximate surface area is 159 Å². The fourth-order valence-electron chi connectivity index (χ4n) is 3.12. The summed E-state index contributed by atoms with van der Waals surface area (Å²) in [6, 6.07) is 19.3. The third-order valence-corrected chi connectivity index (χ3v) is 4.63. The smallest absolute Gasteiger partial charge is 0.258 e. The molecule has 4 nitrogen and oxygen atoms in total. The van der Waals surface area contributed by atoms with Gasteiger partial charge in [-0.3, -0.25) is 9.59 Å². The van der Waals surface area contributed by atoms with Crippen molar-refractivity contribution in [3.05, 3.63) is 77.4 Å². The van der Waals surface area contributed by atoms with Gasteiger partial charge >= 0.3 is 0 Å². The molecule has 0 aliphatic rings.